The third kappa shape index (κ3) is 4.45. The highest BCUT2D eigenvalue weighted by molar-refractivity contribution is 7.89. The van der Waals surface area contributed by atoms with E-state index in [1.165, 1.54) is 10.5 Å². The number of hydrogen-bond acceptors (Lipinski definition) is 6. The minimum Gasteiger partial charge on any atom is -0.340 e. The highest BCUT2D eigenvalue weighted by Crippen LogP contribution is 2.27. The summed E-state index contributed by atoms with van der Waals surface area (Å²) in [6, 6.07) is 3.63. The molecular formula is C20H27N5O3S. The van der Waals surface area contributed by atoms with Crippen molar-refractivity contribution < 1.29 is 13.2 Å². The van der Waals surface area contributed by atoms with Crippen LogP contribution in [0.1, 0.15) is 39.3 Å². The van der Waals surface area contributed by atoms with Gasteiger partial charge in [-0.2, -0.15) is 4.31 Å². The maximum atomic E-state index is 13.3. The Morgan fingerprint density at radius 3 is 2.31 bits per heavy atom. The third-order valence-corrected chi connectivity index (χ3v) is 6.83. The molecule has 1 amide bonds. The molecule has 0 radical (unpaired) electrons. The first-order chi connectivity index (χ1) is 13.7. The van der Waals surface area contributed by atoms with Crippen LogP contribution in [-0.2, 0) is 14.8 Å². The Balaban J connectivity index is 1.88. The van der Waals surface area contributed by atoms with Crippen LogP contribution in [0, 0.1) is 5.92 Å². The van der Waals surface area contributed by atoms with Crippen LogP contribution in [0.5, 0.6) is 0 Å². The predicted octanol–water partition coefficient (Wildman–Crippen LogP) is 2.15. The SMILES string of the molecule is CC(C)C(=O)N1CCN(S(=O)(=O)c2cnc(-c3cccnc3)nc2C(C)C)CC1. The molecule has 0 aromatic carbocycles. The molecule has 8 nitrogen and oxygen atoms in total. The highest BCUT2D eigenvalue weighted by atomic mass is 32.2. The molecule has 3 rings (SSSR count). The number of hydrogen-bond donors (Lipinski definition) is 0. The molecule has 0 atom stereocenters. The predicted molar refractivity (Wildman–Crippen MR) is 110 cm³/mol. The van der Waals surface area contributed by atoms with Crippen LogP contribution >= 0.6 is 0 Å². The van der Waals surface area contributed by atoms with Crippen molar-refractivity contribution >= 4 is 15.9 Å². The van der Waals surface area contributed by atoms with Crippen LogP contribution in [0.2, 0.25) is 0 Å². The van der Waals surface area contributed by atoms with Crippen molar-refractivity contribution in [1.29, 1.82) is 0 Å². The Morgan fingerprint density at radius 2 is 1.76 bits per heavy atom. The fourth-order valence-corrected chi connectivity index (χ4v) is 4.94. The third-order valence-electron chi connectivity index (χ3n) is 4.91. The van der Waals surface area contributed by atoms with E-state index in [1.54, 1.807) is 23.4 Å². The van der Waals surface area contributed by atoms with Gasteiger partial charge in [0.1, 0.15) is 4.90 Å². The summed E-state index contributed by atoms with van der Waals surface area (Å²) in [7, 11) is -3.75. The van der Waals surface area contributed by atoms with E-state index in [0.29, 0.717) is 24.6 Å². The van der Waals surface area contributed by atoms with Gasteiger partial charge < -0.3 is 4.90 Å². The monoisotopic (exact) mass is 417 g/mol. The second kappa shape index (κ2) is 8.54. The number of carbonyl (C=O) groups is 1. The molecule has 0 spiro atoms. The summed E-state index contributed by atoms with van der Waals surface area (Å²) < 4.78 is 28.0. The van der Waals surface area contributed by atoms with Gasteiger partial charge in [0, 0.05) is 50.1 Å². The van der Waals surface area contributed by atoms with Crippen molar-refractivity contribution in [2.24, 2.45) is 5.92 Å². The molecular weight excluding hydrogens is 390 g/mol. The van der Waals surface area contributed by atoms with E-state index in [2.05, 4.69) is 15.0 Å². The van der Waals surface area contributed by atoms with Gasteiger partial charge in [0.15, 0.2) is 5.82 Å². The summed E-state index contributed by atoms with van der Waals surface area (Å²) in [6.45, 7) is 8.83. The number of aromatic nitrogens is 3. The van der Waals surface area contributed by atoms with Crippen molar-refractivity contribution in [3.05, 3.63) is 36.4 Å². The van der Waals surface area contributed by atoms with Gasteiger partial charge in [-0.15, -0.1) is 0 Å². The molecule has 1 saturated heterocycles. The molecule has 156 valence electrons. The lowest BCUT2D eigenvalue weighted by atomic mass is 10.1. The summed E-state index contributed by atoms with van der Waals surface area (Å²) in [5.41, 5.74) is 1.22. The molecule has 1 aliphatic heterocycles. The van der Waals surface area contributed by atoms with Gasteiger partial charge in [-0.1, -0.05) is 27.7 Å². The molecule has 1 fully saturated rings. The first kappa shape index (κ1) is 21.3. The zero-order chi connectivity index (χ0) is 21.2. The molecule has 1 aliphatic rings. The summed E-state index contributed by atoms with van der Waals surface area (Å²) in [5, 5.41) is 0. The van der Waals surface area contributed by atoms with Gasteiger partial charge in [-0.25, -0.2) is 18.4 Å². The molecule has 0 aliphatic carbocycles. The summed E-state index contributed by atoms with van der Waals surface area (Å²) in [5.74, 6) is 0.309. The van der Waals surface area contributed by atoms with Crippen LogP contribution < -0.4 is 0 Å². The molecule has 9 heteroatoms. The Kier molecular flexibility index (Phi) is 6.28. The van der Waals surface area contributed by atoms with E-state index in [1.807, 2.05) is 33.8 Å². The zero-order valence-electron chi connectivity index (χ0n) is 17.2. The number of carbonyl (C=O) groups excluding carboxylic acids is 1. The quantitative estimate of drug-likeness (QED) is 0.740. The number of sulfonamides is 1. The number of amides is 1. The summed E-state index contributed by atoms with van der Waals surface area (Å²) in [6.07, 6.45) is 4.71. The highest BCUT2D eigenvalue weighted by Gasteiger charge is 2.33. The molecule has 0 unspecified atom stereocenters. The molecule has 0 bridgehead atoms. The standard InChI is InChI=1S/C20H27N5O3S/c1-14(2)18-17(13-22-19(23-18)16-6-5-7-21-12-16)29(27,28)25-10-8-24(9-11-25)20(26)15(3)4/h5-7,12-15H,8-11H2,1-4H3. The second-order valence-corrected chi connectivity index (χ2v) is 9.63. The molecule has 29 heavy (non-hydrogen) atoms. The van der Waals surface area contributed by atoms with Crippen molar-refractivity contribution in [3.8, 4) is 11.4 Å². The van der Waals surface area contributed by atoms with Crippen LogP contribution in [0.3, 0.4) is 0 Å². The van der Waals surface area contributed by atoms with Gasteiger partial charge in [-0.3, -0.25) is 9.78 Å². The van der Waals surface area contributed by atoms with Crippen molar-refractivity contribution in [1.82, 2.24) is 24.2 Å². The van der Waals surface area contributed by atoms with E-state index in [4.69, 9.17) is 0 Å². The maximum Gasteiger partial charge on any atom is 0.246 e. The van der Waals surface area contributed by atoms with E-state index < -0.39 is 10.0 Å². The van der Waals surface area contributed by atoms with Crippen LogP contribution in [-0.4, -0.2) is 64.7 Å². The largest absolute Gasteiger partial charge is 0.340 e. The van der Waals surface area contributed by atoms with Crippen molar-refractivity contribution in [3.63, 3.8) is 0 Å². The van der Waals surface area contributed by atoms with Gasteiger partial charge in [0.05, 0.1) is 11.9 Å². The lowest BCUT2D eigenvalue weighted by Gasteiger charge is -2.35. The van der Waals surface area contributed by atoms with Gasteiger partial charge in [0.2, 0.25) is 15.9 Å². The second-order valence-electron chi connectivity index (χ2n) is 7.72. The first-order valence-corrected chi connectivity index (χ1v) is 11.2. The average Bonchev–Trinajstić information content (AvgIpc) is 2.73. The topological polar surface area (TPSA) is 96.4 Å². The maximum absolute atomic E-state index is 13.3. The lowest BCUT2D eigenvalue weighted by molar-refractivity contribution is -0.135. The van der Waals surface area contributed by atoms with E-state index in [9.17, 15) is 13.2 Å². The minimum atomic E-state index is -3.75. The Labute approximate surface area is 172 Å². The smallest absolute Gasteiger partial charge is 0.246 e. The summed E-state index contributed by atoms with van der Waals surface area (Å²) in [4.78, 5) is 26.9. The zero-order valence-corrected chi connectivity index (χ0v) is 18.1. The number of rotatable bonds is 5. The van der Waals surface area contributed by atoms with Gasteiger partial charge in [0.25, 0.3) is 0 Å². The van der Waals surface area contributed by atoms with E-state index in [-0.39, 0.29) is 35.7 Å². The van der Waals surface area contributed by atoms with Crippen LogP contribution in [0.4, 0.5) is 0 Å². The van der Waals surface area contributed by atoms with Crippen molar-refractivity contribution in [2.75, 3.05) is 26.2 Å². The lowest BCUT2D eigenvalue weighted by Crippen LogP contribution is -2.51. The molecule has 2 aromatic rings. The molecule has 0 saturated carbocycles. The Hall–Kier alpha value is -2.39. The molecule has 3 heterocycles. The number of nitrogens with zero attached hydrogens (tertiary/aromatic N) is 5. The van der Waals surface area contributed by atoms with Crippen LogP contribution in [0.15, 0.2) is 35.6 Å². The van der Waals surface area contributed by atoms with Crippen molar-refractivity contribution in [2.45, 2.75) is 38.5 Å². The van der Waals surface area contributed by atoms with Crippen LogP contribution in [0.25, 0.3) is 11.4 Å². The fourth-order valence-electron chi connectivity index (χ4n) is 3.28. The Morgan fingerprint density at radius 1 is 1.07 bits per heavy atom. The minimum absolute atomic E-state index is 0.0501. The molecule has 2 aromatic heterocycles. The van der Waals surface area contributed by atoms with Gasteiger partial charge >= 0.3 is 0 Å². The Bertz CT molecular complexity index is 969. The normalized spacial score (nSPS) is 15.9. The summed E-state index contributed by atoms with van der Waals surface area (Å²) >= 11 is 0. The number of pyridine rings is 1. The van der Waals surface area contributed by atoms with E-state index >= 15 is 0 Å². The average molecular weight is 418 g/mol. The first-order valence-electron chi connectivity index (χ1n) is 9.78. The van der Waals surface area contributed by atoms with E-state index in [0.717, 1.165) is 5.56 Å². The fraction of sp³-hybridized carbons (Fsp3) is 0.500. The number of piperazine rings is 1. The molecule has 0 N–H and O–H groups in total. The van der Waals surface area contributed by atoms with Gasteiger partial charge in [-0.05, 0) is 18.1 Å².